The zero-order valence-electron chi connectivity index (χ0n) is 61.3. The highest BCUT2D eigenvalue weighted by Crippen LogP contribution is 2.60. The Kier molecular flexibility index (Phi) is 21.5. The van der Waals surface area contributed by atoms with E-state index in [-0.39, 0.29) is 81.1 Å². The minimum atomic E-state index is -4.09. The second-order valence-electron chi connectivity index (χ2n) is 33.3. The van der Waals surface area contributed by atoms with Crippen molar-refractivity contribution in [2.45, 2.75) is 231 Å². The maximum atomic E-state index is 14.9. The number of alkyl halides is 2. The molecule has 104 heavy (non-hydrogen) atoms. The number of halogens is 2. The number of carbonyl (C=O) groups is 7. The van der Waals surface area contributed by atoms with Crippen molar-refractivity contribution in [2.24, 2.45) is 69.5 Å². The van der Waals surface area contributed by atoms with Gasteiger partial charge in [-0.3, -0.25) is 33.5 Å². The molecule has 8 fully saturated rings. The Morgan fingerprint density at radius 2 is 1.15 bits per heavy atom. The molecule has 6 aliphatic carbocycles. The summed E-state index contributed by atoms with van der Waals surface area (Å²) in [4.78, 5) is 120. The van der Waals surface area contributed by atoms with Crippen LogP contribution in [0.2, 0.25) is 0 Å². The first-order chi connectivity index (χ1) is 49.5. The van der Waals surface area contributed by atoms with Gasteiger partial charge in [0.25, 0.3) is 0 Å². The van der Waals surface area contributed by atoms with Crippen LogP contribution in [0.1, 0.15) is 188 Å². The minimum Gasteiger partial charge on any atom is -0.497 e. The number of hydrogen-bond donors (Lipinski definition) is 1. The molecule has 14 rings (SSSR count). The van der Waals surface area contributed by atoms with Crippen LogP contribution >= 0.6 is 0 Å². The molecule has 4 aromatic rings. The second kappa shape index (κ2) is 30.0. The molecular weight excluding hydrogens is 1360 g/mol. The van der Waals surface area contributed by atoms with Crippen molar-refractivity contribution in [3.8, 4) is 23.3 Å². The molecule has 1 N–H and O–H groups in total. The van der Waals surface area contributed by atoms with Gasteiger partial charge in [0.1, 0.15) is 53.3 Å². The molecule has 0 spiro atoms. The molecule has 8 bridgehead atoms. The number of nitrogens with one attached hydrogen (secondary N) is 1. The van der Waals surface area contributed by atoms with E-state index in [0.717, 1.165) is 77.0 Å². The van der Waals surface area contributed by atoms with Crippen molar-refractivity contribution in [1.29, 1.82) is 0 Å². The summed E-state index contributed by atoms with van der Waals surface area (Å²) in [5, 5.41) is -0.776. The average molecular weight is 1460 g/mol. The minimum absolute atomic E-state index is 0.0380. The lowest BCUT2D eigenvalue weighted by molar-refractivity contribution is -0.162. The van der Waals surface area contributed by atoms with E-state index in [2.05, 4.69) is 6.08 Å². The number of sulfonamides is 1. The summed E-state index contributed by atoms with van der Waals surface area (Å²) >= 11 is 0. The summed E-state index contributed by atoms with van der Waals surface area (Å²) in [5.74, 6) is -2.84. The Hall–Kier alpha value is -7.64. The van der Waals surface area contributed by atoms with Crippen molar-refractivity contribution in [2.75, 3.05) is 34.4 Å². The molecule has 10 aliphatic rings. The van der Waals surface area contributed by atoms with Crippen molar-refractivity contribution in [3.05, 3.63) is 53.9 Å². The van der Waals surface area contributed by atoms with Crippen LogP contribution < -0.4 is 23.7 Å². The van der Waals surface area contributed by atoms with E-state index >= 15 is 0 Å². The van der Waals surface area contributed by atoms with Gasteiger partial charge in [0.15, 0.2) is 5.78 Å². The molecule has 23 nitrogen and oxygen atoms in total. The SMILES string of the molecule is COC(=O)[C@@H]1C[C@@H]2CN1C(=O)[C@H](C(C)(C)C)CC(=O)O[C@H]1[C@@H]3CC[C@@H](C3)[C@@H]1CCC/C=C/c1nc3ccc(OC)cc3nc1O2.COc1ccc2nc3c(nc2c1)O[C@@H]1C[C@@H](C(=O)C[C@]2(C(=O)NS(=O)(=O)C4CC4)C[C@H]2C(F)F)N(C1)C(=O)[C@H](C(C)(C)C)CC(=O)O[C@H]1[C@@H]2CC[C@@H](C2)[C@@H]1CCCCC3. The van der Waals surface area contributed by atoms with Crippen LogP contribution in [-0.2, 0) is 64.2 Å². The van der Waals surface area contributed by atoms with Gasteiger partial charge in [-0.2, -0.15) is 0 Å². The van der Waals surface area contributed by atoms with Gasteiger partial charge in [0.05, 0.1) is 97.9 Å². The third-order valence-electron chi connectivity index (χ3n) is 24.5. The molecular formula is C78H101F2N7O16S. The third kappa shape index (κ3) is 15.8. The maximum Gasteiger partial charge on any atom is 0.328 e. The summed E-state index contributed by atoms with van der Waals surface area (Å²) in [7, 11) is 0.379. The zero-order chi connectivity index (χ0) is 73.9. The van der Waals surface area contributed by atoms with E-state index in [4.69, 9.17) is 53.1 Å². The molecule has 564 valence electrons. The molecule has 0 unspecified atom stereocenters. The number of amides is 3. The second-order valence-corrected chi connectivity index (χ2v) is 35.2. The van der Waals surface area contributed by atoms with Crippen LogP contribution in [0.25, 0.3) is 28.1 Å². The fourth-order valence-electron chi connectivity index (χ4n) is 18.4. The van der Waals surface area contributed by atoms with Crippen molar-refractivity contribution in [1.82, 2.24) is 34.5 Å². The molecule has 0 radical (unpaired) electrons. The molecule has 3 amide bonds. The van der Waals surface area contributed by atoms with E-state index in [1.165, 1.54) is 23.3 Å². The summed E-state index contributed by atoms with van der Waals surface area (Å²) in [6.07, 6.45) is 12.5. The van der Waals surface area contributed by atoms with Gasteiger partial charge in [0, 0.05) is 37.3 Å². The van der Waals surface area contributed by atoms with E-state index < -0.39 is 116 Å². The van der Waals surface area contributed by atoms with Gasteiger partial charge in [-0.15, -0.1) is 0 Å². The normalized spacial score (nSPS) is 32.1. The van der Waals surface area contributed by atoms with Gasteiger partial charge in [0.2, 0.25) is 45.9 Å². The number of aromatic nitrogens is 4. The Morgan fingerprint density at radius 3 is 1.69 bits per heavy atom. The van der Waals surface area contributed by atoms with Crippen LogP contribution in [0.4, 0.5) is 8.78 Å². The molecule has 6 heterocycles. The number of nitrogens with zero attached hydrogens (tertiary/aromatic N) is 6. The predicted octanol–water partition coefficient (Wildman–Crippen LogP) is 11.3. The number of carbonyl (C=O) groups excluding carboxylic acids is 7. The highest BCUT2D eigenvalue weighted by Gasteiger charge is 2.66. The topological polar surface area (TPSA) is 288 Å². The Balaban J connectivity index is 0.000000192. The Bertz CT molecular complexity index is 4100. The van der Waals surface area contributed by atoms with Crippen LogP contribution in [0.15, 0.2) is 42.5 Å². The lowest BCUT2D eigenvalue weighted by Gasteiger charge is -2.36. The first-order valence-electron chi connectivity index (χ1n) is 37.7. The number of Topliss-reactive ketones (excluding diaryl/α,β-unsaturated/α-hetero) is 1. The van der Waals surface area contributed by atoms with Gasteiger partial charge < -0.3 is 43.0 Å². The van der Waals surface area contributed by atoms with Gasteiger partial charge in [-0.05, 0) is 173 Å². The van der Waals surface area contributed by atoms with Crippen LogP contribution in [0.5, 0.6) is 23.3 Å². The average Bonchev–Trinajstić information content (AvgIpc) is 1.56. The number of aryl methyl sites for hydroxylation is 1. The molecule has 2 saturated heterocycles. The summed E-state index contributed by atoms with van der Waals surface area (Å²) in [5.41, 5.74) is 0.457. The first-order valence-corrected chi connectivity index (χ1v) is 39.2. The van der Waals surface area contributed by atoms with Crippen molar-refractivity contribution in [3.63, 3.8) is 0 Å². The lowest BCUT2D eigenvalue weighted by Crippen LogP contribution is -2.49. The summed E-state index contributed by atoms with van der Waals surface area (Å²) in [6, 6.07) is 8.83. The van der Waals surface area contributed by atoms with Crippen LogP contribution in [0.3, 0.4) is 0 Å². The number of esters is 3. The molecule has 26 heteroatoms. The molecule has 16 atom stereocenters. The highest BCUT2D eigenvalue weighted by molar-refractivity contribution is 7.91. The van der Waals surface area contributed by atoms with Gasteiger partial charge in [-0.25, -0.2) is 41.9 Å². The smallest absolute Gasteiger partial charge is 0.328 e. The summed E-state index contributed by atoms with van der Waals surface area (Å²) in [6.45, 7) is 11.4. The van der Waals surface area contributed by atoms with Crippen molar-refractivity contribution >= 4 is 79.6 Å². The quantitative estimate of drug-likeness (QED) is 0.114. The number of benzene rings is 2. The molecule has 6 saturated carbocycles. The van der Waals surface area contributed by atoms with E-state index in [1.54, 1.807) is 26.4 Å². The largest absolute Gasteiger partial charge is 0.497 e. The summed E-state index contributed by atoms with van der Waals surface area (Å²) < 4.78 is 97.6. The van der Waals surface area contributed by atoms with Crippen LogP contribution in [0, 0.1) is 69.5 Å². The first kappa shape index (κ1) is 74.6. The number of fused-ring (bicyclic) bond motifs is 18. The third-order valence-corrected chi connectivity index (χ3v) is 26.3. The number of hydrogen-bond acceptors (Lipinski definition) is 20. The Morgan fingerprint density at radius 1 is 0.625 bits per heavy atom. The fourth-order valence-corrected chi connectivity index (χ4v) is 19.8. The van der Waals surface area contributed by atoms with Crippen molar-refractivity contribution < 1.29 is 83.9 Å². The predicted molar refractivity (Wildman–Crippen MR) is 378 cm³/mol. The molecule has 2 aromatic carbocycles. The standard InChI is InChI=1S/C43H56F2N4O9S.C35H45N3O7/c1-42(2,3)29-19-36(51)58-37-24-11-10-23(16-24)28(37)8-6-5-7-9-32-39(47-33-17-25(56-4)12-15-31(33)46-32)57-26-18-34(49(22-26)40(29)52)35(50)21-43(20-30(43)38(44)45)41(53)48-59(54,55)27-13-14-27;1-35(2,3)25-18-30(39)45-31-21-12-11-20(15-21)24(31)9-7-6-8-10-27-32(37-28-16-22(42-4)13-14-26(28)36-27)44-23-17-29(34(41)43-5)38(19-23)33(25)40/h12,15,17,23-24,26-30,34,37-38H,5-11,13-14,16,18-22H2,1-4H3,(H,48,53);8,10,13-14,16,20-21,23-25,29,31H,6-7,9,11-12,15,17-19H2,1-5H3/b;10-8+/t23-,24+,26+,28-,29+,30-,34-,37-,43+;20-,21+,23+,24-,25+,29-,31-/m00/s1. The van der Waals surface area contributed by atoms with Crippen LogP contribution in [-0.4, -0.2) is 162 Å². The molecule has 2 aromatic heterocycles. The number of rotatable bonds is 10. The van der Waals surface area contributed by atoms with E-state index in [9.17, 15) is 50.8 Å². The number of ketones is 1. The fraction of sp³-hybridized carbons (Fsp3) is 0.679. The monoisotopic (exact) mass is 1460 g/mol. The Labute approximate surface area is 607 Å². The lowest BCUT2D eigenvalue weighted by atomic mass is 9.77. The highest BCUT2D eigenvalue weighted by atomic mass is 32.2. The maximum absolute atomic E-state index is 14.9. The van der Waals surface area contributed by atoms with Gasteiger partial charge in [-0.1, -0.05) is 60.5 Å². The number of methoxy groups -OCH3 is 3. The number of ether oxygens (including phenoxy) is 7. The van der Waals surface area contributed by atoms with E-state index in [1.807, 2.05) is 76.6 Å². The number of allylic oxidation sites excluding steroid dienone is 1. The zero-order valence-corrected chi connectivity index (χ0v) is 62.1. The van der Waals surface area contributed by atoms with Gasteiger partial charge >= 0.3 is 17.9 Å². The van der Waals surface area contributed by atoms with E-state index in [0.29, 0.717) is 99.7 Å². The molecule has 4 aliphatic heterocycles.